The lowest BCUT2D eigenvalue weighted by Crippen LogP contribution is -2.19. The Kier molecular flexibility index (Phi) is 5.59. The molecule has 0 spiro atoms. The average Bonchev–Trinajstić information content (AvgIpc) is 1.89. The molecule has 0 unspecified atom stereocenters. The summed E-state index contributed by atoms with van der Waals surface area (Å²) in [6, 6.07) is 0. The number of thioether (sulfide) groups is 1. The number of carbonyl (C=O) groups excluding carboxylic acids is 1. The van der Waals surface area contributed by atoms with Crippen molar-refractivity contribution in [1.29, 1.82) is 5.26 Å². The number of amides is 1. The summed E-state index contributed by atoms with van der Waals surface area (Å²) >= 11 is 0.926. The second kappa shape index (κ2) is 6.17. The molecule has 0 bridgehead atoms. The Morgan fingerprint density at radius 1 is 1.90 bits per heavy atom. The average molecular weight is 156 g/mol. The largest absolute Gasteiger partial charge is 0.353 e. The Labute approximate surface area is 64.1 Å². The van der Waals surface area contributed by atoms with Crippen molar-refractivity contribution in [2.75, 3.05) is 6.54 Å². The summed E-state index contributed by atoms with van der Waals surface area (Å²) in [4.78, 5) is 10.6. The van der Waals surface area contributed by atoms with E-state index in [1.54, 1.807) is 0 Å². The third kappa shape index (κ3) is 5.19. The monoisotopic (exact) mass is 156 g/mol. The van der Waals surface area contributed by atoms with Gasteiger partial charge in [0, 0.05) is 12.6 Å². The van der Waals surface area contributed by atoms with Crippen LogP contribution < -0.4 is 5.32 Å². The quantitative estimate of drug-likeness (QED) is 0.487. The molecule has 0 heterocycles. The summed E-state index contributed by atoms with van der Waals surface area (Å²) in [6.07, 6.45) is 1.33. The normalized spacial score (nSPS) is 9.20. The van der Waals surface area contributed by atoms with E-state index in [4.69, 9.17) is 5.26 Å². The molecule has 3 nitrogen and oxygen atoms in total. The topological polar surface area (TPSA) is 52.9 Å². The molecule has 0 radical (unpaired) electrons. The lowest BCUT2D eigenvalue weighted by Gasteiger charge is -1.91. The highest BCUT2D eigenvalue weighted by Gasteiger charge is 1.88. The minimum atomic E-state index is -0.162. The Morgan fingerprint density at radius 3 is 3.10 bits per heavy atom. The van der Waals surface area contributed by atoms with Crippen molar-refractivity contribution in [2.24, 2.45) is 0 Å². The smallest absolute Gasteiger partial charge is 0.244 e. The van der Waals surface area contributed by atoms with Gasteiger partial charge in [-0.3, -0.25) is 4.79 Å². The van der Waals surface area contributed by atoms with Gasteiger partial charge >= 0.3 is 0 Å². The number of nitrogens with zero attached hydrogens (tertiary/aromatic N) is 1. The van der Waals surface area contributed by atoms with Gasteiger partial charge in [0.1, 0.15) is 5.40 Å². The number of likely N-dealkylation sites (N-methyl/N-ethyl adjacent to an activating group) is 1. The van der Waals surface area contributed by atoms with Crippen LogP contribution in [-0.4, -0.2) is 12.5 Å². The lowest BCUT2D eigenvalue weighted by atomic mass is 10.6. The van der Waals surface area contributed by atoms with E-state index in [0.29, 0.717) is 6.54 Å². The molecule has 0 aromatic carbocycles. The van der Waals surface area contributed by atoms with E-state index in [2.05, 4.69) is 5.32 Å². The van der Waals surface area contributed by atoms with Crippen LogP contribution in [-0.2, 0) is 4.79 Å². The molecule has 0 atom stereocenters. The van der Waals surface area contributed by atoms with E-state index >= 15 is 0 Å². The fourth-order valence-electron chi connectivity index (χ4n) is 0.359. The van der Waals surface area contributed by atoms with Crippen LogP contribution in [0.15, 0.2) is 11.5 Å². The maximum atomic E-state index is 10.6. The van der Waals surface area contributed by atoms with Gasteiger partial charge in [-0.15, -0.1) is 0 Å². The Bertz CT molecular complexity index is 171. The van der Waals surface area contributed by atoms with Crippen LogP contribution in [0, 0.1) is 10.7 Å². The van der Waals surface area contributed by atoms with Crippen molar-refractivity contribution in [1.82, 2.24) is 5.32 Å². The highest BCUT2D eigenvalue weighted by Crippen LogP contribution is 1.95. The molecule has 0 saturated carbocycles. The zero-order valence-corrected chi connectivity index (χ0v) is 6.44. The van der Waals surface area contributed by atoms with Gasteiger partial charge in [0.25, 0.3) is 0 Å². The zero-order valence-electron chi connectivity index (χ0n) is 5.63. The third-order valence-corrected chi connectivity index (χ3v) is 1.07. The first-order chi connectivity index (χ1) is 4.81. The van der Waals surface area contributed by atoms with E-state index in [1.165, 1.54) is 11.5 Å². The number of carbonyl (C=O) groups is 1. The molecule has 0 aromatic heterocycles. The number of hydrogen-bond acceptors (Lipinski definition) is 3. The van der Waals surface area contributed by atoms with Gasteiger partial charge in [0.15, 0.2) is 0 Å². The molecule has 0 aliphatic carbocycles. The van der Waals surface area contributed by atoms with Crippen molar-refractivity contribution in [3.8, 4) is 5.40 Å². The summed E-state index contributed by atoms with van der Waals surface area (Å²) in [5, 5.41) is 13.9. The first kappa shape index (κ1) is 9.05. The maximum absolute atomic E-state index is 10.6. The van der Waals surface area contributed by atoms with Crippen LogP contribution in [0.4, 0.5) is 0 Å². The molecule has 0 aromatic rings. The number of nitriles is 1. The molecular formula is C6H8N2OS. The summed E-state index contributed by atoms with van der Waals surface area (Å²) < 4.78 is 0. The minimum Gasteiger partial charge on any atom is -0.353 e. The molecule has 10 heavy (non-hydrogen) atoms. The number of hydrogen-bond donors (Lipinski definition) is 1. The van der Waals surface area contributed by atoms with Crippen molar-refractivity contribution in [3.05, 3.63) is 11.5 Å². The standard InChI is InChI=1S/C6H8N2OS/c1-2-8-6(9)3-4-10-5-7/h3-4H,2H2,1H3,(H,8,9)/b4-3-. The van der Waals surface area contributed by atoms with Crippen molar-refractivity contribution < 1.29 is 4.79 Å². The van der Waals surface area contributed by atoms with Gasteiger partial charge in [-0.2, -0.15) is 5.26 Å². The molecule has 0 rings (SSSR count). The van der Waals surface area contributed by atoms with Gasteiger partial charge in [0.05, 0.1) is 0 Å². The van der Waals surface area contributed by atoms with Gasteiger partial charge in [-0.25, -0.2) is 0 Å². The lowest BCUT2D eigenvalue weighted by molar-refractivity contribution is -0.116. The van der Waals surface area contributed by atoms with E-state index in [0.717, 1.165) is 11.8 Å². The third-order valence-electron chi connectivity index (χ3n) is 0.691. The molecule has 4 heteroatoms. The highest BCUT2D eigenvalue weighted by atomic mass is 32.2. The van der Waals surface area contributed by atoms with Crippen LogP contribution in [0.25, 0.3) is 0 Å². The van der Waals surface area contributed by atoms with Crippen LogP contribution in [0.3, 0.4) is 0 Å². The molecular weight excluding hydrogens is 148 g/mol. The summed E-state index contributed by atoms with van der Waals surface area (Å²) in [5.74, 6) is -0.162. The number of nitrogens with one attached hydrogen (secondary N) is 1. The van der Waals surface area contributed by atoms with Gasteiger partial charge < -0.3 is 5.32 Å². The minimum absolute atomic E-state index is 0.162. The van der Waals surface area contributed by atoms with Gasteiger partial charge in [-0.1, -0.05) is 0 Å². The second-order valence-corrected chi connectivity index (χ2v) is 2.10. The van der Waals surface area contributed by atoms with E-state index < -0.39 is 0 Å². The van der Waals surface area contributed by atoms with E-state index in [9.17, 15) is 4.79 Å². The van der Waals surface area contributed by atoms with Gasteiger partial charge in [0.2, 0.25) is 5.91 Å². The van der Waals surface area contributed by atoms with Gasteiger partial charge in [-0.05, 0) is 24.1 Å². The first-order valence-electron chi connectivity index (χ1n) is 2.80. The zero-order chi connectivity index (χ0) is 7.82. The van der Waals surface area contributed by atoms with Crippen LogP contribution in [0.5, 0.6) is 0 Å². The van der Waals surface area contributed by atoms with Crippen molar-refractivity contribution in [2.45, 2.75) is 6.92 Å². The molecule has 1 N–H and O–H groups in total. The molecule has 0 aliphatic rings. The summed E-state index contributed by atoms with van der Waals surface area (Å²) in [6.45, 7) is 2.45. The first-order valence-corrected chi connectivity index (χ1v) is 3.68. The number of thiocyanates is 1. The van der Waals surface area contributed by atoms with Crippen LogP contribution >= 0.6 is 11.8 Å². The fraction of sp³-hybridized carbons (Fsp3) is 0.333. The summed E-state index contributed by atoms with van der Waals surface area (Å²) in [7, 11) is 0. The SMILES string of the molecule is CCNC(=O)/C=C\SC#N. The van der Waals surface area contributed by atoms with Crippen LogP contribution in [0.2, 0.25) is 0 Å². The molecule has 0 saturated heterocycles. The van der Waals surface area contributed by atoms with Crippen molar-refractivity contribution >= 4 is 17.7 Å². The molecule has 1 amide bonds. The Hall–Kier alpha value is -0.950. The van der Waals surface area contributed by atoms with E-state index in [-0.39, 0.29) is 5.91 Å². The molecule has 0 aliphatic heterocycles. The van der Waals surface area contributed by atoms with E-state index in [1.807, 2.05) is 12.3 Å². The highest BCUT2D eigenvalue weighted by molar-refractivity contribution is 8.06. The Morgan fingerprint density at radius 2 is 2.60 bits per heavy atom. The van der Waals surface area contributed by atoms with Crippen molar-refractivity contribution in [3.63, 3.8) is 0 Å². The summed E-state index contributed by atoms with van der Waals surface area (Å²) in [5.41, 5.74) is 0. The molecule has 54 valence electrons. The Balaban J connectivity index is 3.48. The predicted octanol–water partition coefficient (Wildman–Crippen LogP) is 0.850. The maximum Gasteiger partial charge on any atom is 0.244 e. The number of rotatable bonds is 3. The van der Waals surface area contributed by atoms with Crippen LogP contribution in [0.1, 0.15) is 6.92 Å². The second-order valence-electron chi connectivity index (χ2n) is 1.41. The predicted molar refractivity (Wildman–Crippen MR) is 41.0 cm³/mol. The molecule has 0 fully saturated rings. The fourth-order valence-corrected chi connectivity index (χ4v) is 0.612.